The van der Waals surface area contributed by atoms with E-state index in [4.69, 9.17) is 11.6 Å². The minimum Gasteiger partial charge on any atom is -0.159 e. The van der Waals surface area contributed by atoms with E-state index >= 15 is 0 Å². The molecule has 10 heavy (non-hydrogen) atoms. The predicted octanol–water partition coefficient (Wildman–Crippen LogP) is 3.24. The predicted molar refractivity (Wildman–Crippen MR) is 43.8 cm³/mol. The van der Waals surface area contributed by atoms with Crippen LogP contribution in [-0.2, 0) is 0 Å². The molecule has 0 atom stereocenters. The summed E-state index contributed by atoms with van der Waals surface area (Å²) >= 11 is 5.38. The van der Waals surface area contributed by atoms with Crippen molar-refractivity contribution >= 4 is 11.6 Å². The van der Waals surface area contributed by atoms with Crippen molar-refractivity contribution in [2.75, 3.05) is 0 Å². The van der Waals surface area contributed by atoms with Crippen molar-refractivity contribution in [2.45, 2.75) is 6.92 Å². The van der Waals surface area contributed by atoms with Crippen molar-refractivity contribution in [3.63, 3.8) is 0 Å². The number of allylic oxidation sites excluding steroid dienone is 2. The first-order valence-electron chi connectivity index (χ1n) is 2.80. The lowest BCUT2D eigenvalue weighted by Crippen LogP contribution is -1.64. The van der Waals surface area contributed by atoms with Gasteiger partial charge in [0.25, 0.3) is 0 Å². The number of halogens is 1. The molecule has 0 amide bonds. The van der Waals surface area contributed by atoms with E-state index in [0.29, 0.717) is 5.70 Å². The van der Waals surface area contributed by atoms with Crippen molar-refractivity contribution in [3.05, 3.63) is 36.2 Å². The Hall–Kier alpha value is -0.890. The lowest BCUT2D eigenvalue weighted by molar-refractivity contribution is 1.17. The highest BCUT2D eigenvalue weighted by Gasteiger charge is 1.81. The number of azo groups is 1. The van der Waals surface area contributed by atoms with E-state index in [1.807, 2.05) is 13.0 Å². The minimum absolute atomic E-state index is 0.615. The largest absolute Gasteiger partial charge is 0.159 e. The molecule has 0 spiro atoms. The van der Waals surface area contributed by atoms with Gasteiger partial charge in [0, 0.05) is 11.7 Å². The molecule has 0 aromatic rings. The van der Waals surface area contributed by atoms with Crippen LogP contribution in [0.25, 0.3) is 0 Å². The summed E-state index contributed by atoms with van der Waals surface area (Å²) in [6.07, 6.45) is 4.93. The molecule has 2 nitrogen and oxygen atoms in total. The molecule has 0 aromatic carbocycles. The van der Waals surface area contributed by atoms with Crippen LogP contribution in [0.1, 0.15) is 6.92 Å². The van der Waals surface area contributed by atoms with E-state index in [1.165, 1.54) is 11.7 Å². The van der Waals surface area contributed by atoms with Crippen LogP contribution < -0.4 is 0 Å². The van der Waals surface area contributed by atoms with Gasteiger partial charge >= 0.3 is 0 Å². The fourth-order valence-electron chi connectivity index (χ4n) is 0.370. The molecule has 3 heteroatoms. The standard InChI is InChI=1S/C7H9ClN2/c1-3-5-7(6-8)10-9-4-2/h3-6H,2H2,1H3/b5-3+,7-6+,10-9-. The molecule has 0 aliphatic rings. The Morgan fingerprint density at radius 1 is 1.60 bits per heavy atom. The number of hydrogen-bond acceptors (Lipinski definition) is 2. The average Bonchev–Trinajstić information content (AvgIpc) is 1.98. The van der Waals surface area contributed by atoms with Gasteiger partial charge in [0.15, 0.2) is 0 Å². The van der Waals surface area contributed by atoms with E-state index in [-0.39, 0.29) is 0 Å². The Balaban J connectivity index is 4.10. The normalized spacial score (nSPS) is 13.2. The fourth-order valence-corrected chi connectivity index (χ4v) is 0.486. The van der Waals surface area contributed by atoms with Crippen molar-refractivity contribution in [3.8, 4) is 0 Å². The Kier molecular flexibility index (Phi) is 5.68. The summed E-state index contributed by atoms with van der Waals surface area (Å²) in [6, 6.07) is 0. The summed E-state index contributed by atoms with van der Waals surface area (Å²) in [5, 5.41) is 7.25. The first-order valence-corrected chi connectivity index (χ1v) is 3.23. The molecule has 54 valence electrons. The highest BCUT2D eigenvalue weighted by molar-refractivity contribution is 6.25. The molecule has 0 aliphatic carbocycles. The Labute approximate surface area is 65.6 Å². The van der Waals surface area contributed by atoms with Gasteiger partial charge in [-0.1, -0.05) is 24.3 Å². The van der Waals surface area contributed by atoms with Crippen LogP contribution in [0.15, 0.2) is 46.4 Å². The van der Waals surface area contributed by atoms with Gasteiger partial charge in [0.05, 0.1) is 5.70 Å². The molecule has 0 unspecified atom stereocenters. The summed E-state index contributed by atoms with van der Waals surface area (Å²) < 4.78 is 0. The zero-order chi connectivity index (χ0) is 7.82. The van der Waals surface area contributed by atoms with Crippen LogP contribution in [0, 0.1) is 0 Å². The van der Waals surface area contributed by atoms with Gasteiger partial charge in [-0.3, -0.25) is 0 Å². The fraction of sp³-hybridized carbons (Fsp3) is 0.143. The van der Waals surface area contributed by atoms with Crippen LogP contribution in [0.4, 0.5) is 0 Å². The van der Waals surface area contributed by atoms with Crippen molar-refractivity contribution in [1.29, 1.82) is 0 Å². The third-order valence-corrected chi connectivity index (χ3v) is 0.928. The van der Waals surface area contributed by atoms with E-state index in [0.717, 1.165) is 0 Å². The Morgan fingerprint density at radius 3 is 2.70 bits per heavy atom. The van der Waals surface area contributed by atoms with E-state index < -0.39 is 0 Å². The summed E-state index contributed by atoms with van der Waals surface area (Å²) in [5.74, 6) is 0. The smallest absolute Gasteiger partial charge is 0.0966 e. The number of nitrogens with zero attached hydrogens (tertiary/aromatic N) is 2. The molecule has 0 bridgehead atoms. The van der Waals surface area contributed by atoms with E-state index in [9.17, 15) is 0 Å². The molecule has 0 rings (SSSR count). The monoisotopic (exact) mass is 156 g/mol. The van der Waals surface area contributed by atoms with Crippen LogP contribution >= 0.6 is 11.6 Å². The molecule has 0 saturated carbocycles. The van der Waals surface area contributed by atoms with Gasteiger partial charge in [-0.2, -0.15) is 10.2 Å². The Morgan fingerprint density at radius 2 is 2.30 bits per heavy atom. The molecule has 0 aliphatic heterocycles. The summed E-state index contributed by atoms with van der Waals surface area (Å²) in [6.45, 7) is 5.25. The highest BCUT2D eigenvalue weighted by atomic mass is 35.5. The second-order valence-corrected chi connectivity index (χ2v) is 1.65. The van der Waals surface area contributed by atoms with Gasteiger partial charge in [-0.05, 0) is 13.0 Å². The molecule has 0 saturated heterocycles. The third-order valence-electron chi connectivity index (χ3n) is 0.704. The SMILES string of the molecule is C=C\N=N/C(/C=C/C)=C/Cl. The maximum Gasteiger partial charge on any atom is 0.0966 e. The van der Waals surface area contributed by atoms with Gasteiger partial charge < -0.3 is 0 Å². The maximum atomic E-state index is 5.38. The molecule has 0 fully saturated rings. The highest BCUT2D eigenvalue weighted by Crippen LogP contribution is 2.01. The van der Waals surface area contributed by atoms with Crippen LogP contribution in [-0.4, -0.2) is 0 Å². The van der Waals surface area contributed by atoms with Gasteiger partial charge in [0.2, 0.25) is 0 Å². The lowest BCUT2D eigenvalue weighted by Gasteiger charge is -1.84. The molecular weight excluding hydrogens is 148 g/mol. The summed E-state index contributed by atoms with van der Waals surface area (Å²) in [4.78, 5) is 0. The second-order valence-electron chi connectivity index (χ2n) is 1.43. The van der Waals surface area contributed by atoms with Crippen LogP contribution in [0.3, 0.4) is 0 Å². The summed E-state index contributed by atoms with van der Waals surface area (Å²) in [5.41, 5.74) is 1.97. The van der Waals surface area contributed by atoms with Crippen molar-refractivity contribution in [2.24, 2.45) is 10.2 Å². The zero-order valence-electron chi connectivity index (χ0n) is 5.79. The third kappa shape index (κ3) is 4.04. The second kappa shape index (κ2) is 6.23. The first kappa shape index (κ1) is 9.11. The number of rotatable bonds is 3. The average molecular weight is 157 g/mol. The van der Waals surface area contributed by atoms with Gasteiger partial charge in [-0.25, -0.2) is 0 Å². The molecule has 0 N–H and O–H groups in total. The lowest BCUT2D eigenvalue weighted by atomic mass is 10.4. The molecular formula is C7H9ClN2. The zero-order valence-corrected chi connectivity index (χ0v) is 6.54. The molecule has 0 heterocycles. The van der Waals surface area contributed by atoms with Crippen molar-refractivity contribution < 1.29 is 0 Å². The van der Waals surface area contributed by atoms with E-state index in [1.54, 1.807) is 6.08 Å². The molecule has 0 aromatic heterocycles. The van der Waals surface area contributed by atoms with Gasteiger partial charge in [-0.15, -0.1) is 0 Å². The molecule has 0 radical (unpaired) electrons. The van der Waals surface area contributed by atoms with Crippen LogP contribution in [0.5, 0.6) is 0 Å². The minimum atomic E-state index is 0.615. The number of hydrogen-bond donors (Lipinski definition) is 0. The maximum absolute atomic E-state index is 5.38. The van der Waals surface area contributed by atoms with Crippen LogP contribution in [0.2, 0.25) is 0 Å². The quantitative estimate of drug-likeness (QED) is 0.443. The summed E-state index contributed by atoms with van der Waals surface area (Å²) in [7, 11) is 0. The topological polar surface area (TPSA) is 24.7 Å². The first-order chi connectivity index (χ1) is 4.85. The van der Waals surface area contributed by atoms with E-state index in [2.05, 4.69) is 16.8 Å². The van der Waals surface area contributed by atoms with Crippen molar-refractivity contribution in [1.82, 2.24) is 0 Å². The van der Waals surface area contributed by atoms with Gasteiger partial charge in [0.1, 0.15) is 0 Å². The Bertz CT molecular complexity index is 180.